The average molecular weight is 302 g/mol. The summed E-state index contributed by atoms with van der Waals surface area (Å²) in [7, 11) is 0. The summed E-state index contributed by atoms with van der Waals surface area (Å²) in [6.07, 6.45) is 2.89. The van der Waals surface area contributed by atoms with Crippen LogP contribution in [0.15, 0.2) is 22.7 Å². The first-order chi connectivity index (χ1) is 8.08. The van der Waals surface area contributed by atoms with Crippen LogP contribution in [-0.4, -0.2) is 11.9 Å². The number of nitrogens with one attached hydrogen (secondary N) is 1. The minimum absolute atomic E-state index is 0.155. The maximum absolute atomic E-state index is 12.9. The summed E-state index contributed by atoms with van der Waals surface area (Å²) in [4.78, 5) is 12.0. The third kappa shape index (κ3) is 4.11. The third-order valence-electron chi connectivity index (χ3n) is 2.64. The molecule has 0 fully saturated rings. The van der Waals surface area contributed by atoms with Crippen molar-refractivity contribution >= 4 is 21.8 Å². The van der Waals surface area contributed by atoms with Crippen LogP contribution in [0.1, 0.15) is 43.5 Å². The molecule has 0 saturated carbocycles. The molecule has 0 aromatic heterocycles. The van der Waals surface area contributed by atoms with Gasteiger partial charge in [-0.3, -0.25) is 4.79 Å². The molecule has 17 heavy (non-hydrogen) atoms. The Hall–Kier alpha value is -0.900. The Labute approximate surface area is 110 Å². The van der Waals surface area contributed by atoms with Gasteiger partial charge in [0.25, 0.3) is 5.91 Å². The van der Waals surface area contributed by atoms with Crippen LogP contribution in [-0.2, 0) is 0 Å². The quantitative estimate of drug-likeness (QED) is 0.878. The minimum Gasteiger partial charge on any atom is -0.349 e. The van der Waals surface area contributed by atoms with Crippen molar-refractivity contribution in [2.75, 3.05) is 0 Å². The number of hydrogen-bond donors (Lipinski definition) is 1. The molecule has 0 aliphatic rings. The van der Waals surface area contributed by atoms with Gasteiger partial charge < -0.3 is 5.32 Å². The second-order valence-electron chi connectivity index (χ2n) is 3.99. The Balaban J connectivity index is 2.75. The van der Waals surface area contributed by atoms with Crippen molar-refractivity contribution in [1.82, 2.24) is 5.32 Å². The molecular formula is C13H17BrFNO. The highest BCUT2D eigenvalue weighted by Gasteiger charge is 2.14. The second kappa shape index (κ2) is 6.74. The van der Waals surface area contributed by atoms with Crippen LogP contribution in [0.25, 0.3) is 0 Å². The van der Waals surface area contributed by atoms with E-state index in [9.17, 15) is 9.18 Å². The van der Waals surface area contributed by atoms with E-state index < -0.39 is 0 Å². The number of hydrogen-bond acceptors (Lipinski definition) is 1. The predicted molar refractivity (Wildman–Crippen MR) is 70.6 cm³/mol. The van der Waals surface area contributed by atoms with Gasteiger partial charge in [-0.25, -0.2) is 4.39 Å². The van der Waals surface area contributed by atoms with E-state index >= 15 is 0 Å². The number of benzene rings is 1. The highest BCUT2D eigenvalue weighted by Crippen LogP contribution is 2.18. The first kappa shape index (κ1) is 14.2. The third-order valence-corrected chi connectivity index (χ3v) is 3.30. The lowest BCUT2D eigenvalue weighted by Crippen LogP contribution is -2.34. The topological polar surface area (TPSA) is 29.1 Å². The molecule has 1 aromatic rings. The van der Waals surface area contributed by atoms with Crippen molar-refractivity contribution in [3.8, 4) is 0 Å². The van der Waals surface area contributed by atoms with Gasteiger partial charge in [0.05, 0.1) is 5.56 Å². The van der Waals surface area contributed by atoms with Gasteiger partial charge in [-0.2, -0.15) is 0 Å². The molecule has 1 N–H and O–H groups in total. The van der Waals surface area contributed by atoms with Gasteiger partial charge in [-0.1, -0.05) is 20.3 Å². The standard InChI is InChI=1S/C13H17BrFNO/c1-3-5-10(4-2)16-13(17)11-7-6-9(15)8-12(11)14/h6-8,10H,3-5H2,1-2H3,(H,16,17). The van der Waals surface area contributed by atoms with Crippen LogP contribution in [0.5, 0.6) is 0 Å². The molecule has 1 unspecified atom stereocenters. The molecule has 1 amide bonds. The van der Waals surface area contributed by atoms with Crippen LogP contribution < -0.4 is 5.32 Å². The van der Waals surface area contributed by atoms with E-state index in [-0.39, 0.29) is 17.8 Å². The van der Waals surface area contributed by atoms with Gasteiger partial charge in [0, 0.05) is 10.5 Å². The molecular weight excluding hydrogens is 285 g/mol. The summed E-state index contributed by atoms with van der Waals surface area (Å²) >= 11 is 3.20. The molecule has 0 bridgehead atoms. The molecule has 0 saturated heterocycles. The van der Waals surface area contributed by atoms with Gasteiger partial charge in [0.2, 0.25) is 0 Å². The first-order valence-electron chi connectivity index (χ1n) is 5.84. The first-order valence-corrected chi connectivity index (χ1v) is 6.63. The summed E-state index contributed by atoms with van der Waals surface area (Å²) in [6.45, 7) is 4.13. The number of carbonyl (C=O) groups is 1. The molecule has 1 aromatic carbocycles. The van der Waals surface area contributed by atoms with Crippen molar-refractivity contribution in [3.63, 3.8) is 0 Å². The number of carbonyl (C=O) groups excluding carboxylic acids is 1. The van der Waals surface area contributed by atoms with E-state index in [1.165, 1.54) is 18.2 Å². The Kier molecular flexibility index (Phi) is 5.62. The molecule has 4 heteroatoms. The molecule has 0 aliphatic carbocycles. The Bertz CT molecular complexity index is 395. The highest BCUT2D eigenvalue weighted by atomic mass is 79.9. The van der Waals surface area contributed by atoms with Gasteiger partial charge in [-0.05, 0) is 47.0 Å². The van der Waals surface area contributed by atoms with E-state index in [0.717, 1.165) is 19.3 Å². The smallest absolute Gasteiger partial charge is 0.252 e. The summed E-state index contributed by atoms with van der Waals surface area (Å²) in [5.41, 5.74) is 0.473. The zero-order chi connectivity index (χ0) is 12.8. The van der Waals surface area contributed by atoms with Gasteiger partial charge >= 0.3 is 0 Å². The lowest BCUT2D eigenvalue weighted by molar-refractivity contribution is 0.0933. The van der Waals surface area contributed by atoms with Gasteiger partial charge in [0.15, 0.2) is 0 Å². The fraction of sp³-hybridized carbons (Fsp3) is 0.462. The molecule has 2 nitrogen and oxygen atoms in total. The zero-order valence-corrected chi connectivity index (χ0v) is 11.7. The Morgan fingerprint density at radius 3 is 2.71 bits per heavy atom. The van der Waals surface area contributed by atoms with E-state index in [1.54, 1.807) is 0 Å². The molecule has 1 rings (SSSR count). The van der Waals surface area contributed by atoms with Crippen molar-refractivity contribution in [1.29, 1.82) is 0 Å². The van der Waals surface area contributed by atoms with Crippen molar-refractivity contribution in [2.24, 2.45) is 0 Å². The maximum atomic E-state index is 12.9. The molecule has 0 heterocycles. The summed E-state index contributed by atoms with van der Waals surface area (Å²) < 4.78 is 13.4. The molecule has 94 valence electrons. The van der Waals surface area contributed by atoms with Gasteiger partial charge in [0.1, 0.15) is 5.82 Å². The number of amides is 1. The van der Waals surface area contributed by atoms with Crippen LogP contribution in [0.4, 0.5) is 4.39 Å². The van der Waals surface area contributed by atoms with Crippen molar-refractivity contribution < 1.29 is 9.18 Å². The number of rotatable bonds is 5. The van der Waals surface area contributed by atoms with Crippen LogP contribution in [0.2, 0.25) is 0 Å². The molecule has 0 aliphatic heterocycles. The average Bonchev–Trinajstić information content (AvgIpc) is 2.28. The fourth-order valence-corrected chi connectivity index (χ4v) is 2.19. The Morgan fingerprint density at radius 1 is 1.47 bits per heavy atom. The SMILES string of the molecule is CCCC(CC)NC(=O)c1ccc(F)cc1Br. The van der Waals surface area contributed by atoms with Crippen molar-refractivity contribution in [3.05, 3.63) is 34.1 Å². The Morgan fingerprint density at radius 2 is 2.18 bits per heavy atom. The summed E-state index contributed by atoms with van der Waals surface area (Å²) in [6, 6.07) is 4.27. The summed E-state index contributed by atoms with van der Waals surface area (Å²) in [5, 5.41) is 2.95. The number of halogens is 2. The van der Waals surface area contributed by atoms with Crippen molar-refractivity contribution in [2.45, 2.75) is 39.2 Å². The predicted octanol–water partition coefficient (Wildman–Crippen LogP) is 3.90. The van der Waals surface area contributed by atoms with Crippen LogP contribution >= 0.6 is 15.9 Å². The lowest BCUT2D eigenvalue weighted by Gasteiger charge is -2.16. The summed E-state index contributed by atoms with van der Waals surface area (Å²) in [5.74, 6) is -0.508. The molecule has 1 atom stereocenters. The van der Waals surface area contributed by atoms with Crippen LogP contribution in [0, 0.1) is 5.82 Å². The van der Waals surface area contributed by atoms with Gasteiger partial charge in [-0.15, -0.1) is 0 Å². The second-order valence-corrected chi connectivity index (χ2v) is 4.85. The van der Waals surface area contributed by atoms with E-state index in [0.29, 0.717) is 10.0 Å². The lowest BCUT2D eigenvalue weighted by atomic mass is 10.1. The van der Waals surface area contributed by atoms with E-state index in [4.69, 9.17) is 0 Å². The minimum atomic E-state index is -0.353. The zero-order valence-electron chi connectivity index (χ0n) is 10.1. The molecule has 0 radical (unpaired) electrons. The largest absolute Gasteiger partial charge is 0.349 e. The maximum Gasteiger partial charge on any atom is 0.252 e. The highest BCUT2D eigenvalue weighted by molar-refractivity contribution is 9.10. The monoisotopic (exact) mass is 301 g/mol. The fourth-order valence-electron chi connectivity index (χ4n) is 1.66. The normalized spacial score (nSPS) is 12.2. The van der Waals surface area contributed by atoms with E-state index in [2.05, 4.69) is 28.2 Å². The van der Waals surface area contributed by atoms with Crippen LogP contribution in [0.3, 0.4) is 0 Å². The molecule has 0 spiro atoms. The van der Waals surface area contributed by atoms with E-state index in [1.807, 2.05) is 6.92 Å².